The number of anilines is 2. The average molecular weight is 255 g/mol. The van der Waals surface area contributed by atoms with Crippen LogP contribution in [-0.2, 0) is 0 Å². The predicted octanol–water partition coefficient (Wildman–Crippen LogP) is 2.75. The fourth-order valence-corrected chi connectivity index (χ4v) is 3.44. The van der Waals surface area contributed by atoms with Gasteiger partial charge >= 0.3 is 0 Å². The van der Waals surface area contributed by atoms with Crippen LogP contribution in [0.4, 0.5) is 10.8 Å². The Morgan fingerprint density at radius 1 is 1.47 bits per heavy atom. The Morgan fingerprint density at radius 2 is 2.24 bits per heavy atom. The Labute approximate surface area is 107 Å². The quantitative estimate of drug-likeness (QED) is 0.902. The lowest BCUT2D eigenvalue weighted by atomic mass is 9.86. The van der Waals surface area contributed by atoms with Gasteiger partial charge in [-0.05, 0) is 30.3 Å². The van der Waals surface area contributed by atoms with Crippen LogP contribution in [0.15, 0.2) is 0 Å². The van der Waals surface area contributed by atoms with Crippen LogP contribution in [-0.4, -0.2) is 24.6 Å². The number of ether oxygens (including phenoxy) is 1. The lowest BCUT2D eigenvalue weighted by molar-refractivity contribution is 0.335. The van der Waals surface area contributed by atoms with E-state index in [0.717, 1.165) is 16.7 Å². The second-order valence-corrected chi connectivity index (χ2v) is 5.69. The molecule has 1 aliphatic carbocycles. The van der Waals surface area contributed by atoms with Crippen molar-refractivity contribution in [1.29, 1.82) is 0 Å². The summed E-state index contributed by atoms with van der Waals surface area (Å²) in [4.78, 5) is 2.29. The van der Waals surface area contributed by atoms with E-state index in [1.165, 1.54) is 37.2 Å². The van der Waals surface area contributed by atoms with Gasteiger partial charge in [0.2, 0.25) is 0 Å². The maximum absolute atomic E-state index is 5.79. The number of nitrogens with two attached hydrogens (primary N) is 1. The van der Waals surface area contributed by atoms with Crippen molar-refractivity contribution in [2.24, 2.45) is 5.92 Å². The topological polar surface area (TPSA) is 51.4 Å². The maximum atomic E-state index is 5.79. The number of nitrogens with zero attached hydrogens (tertiary/aromatic N) is 2. The first-order valence-corrected chi connectivity index (χ1v) is 6.92. The van der Waals surface area contributed by atoms with E-state index >= 15 is 0 Å². The zero-order valence-electron chi connectivity index (χ0n) is 10.8. The minimum atomic E-state index is 0.503. The van der Waals surface area contributed by atoms with Gasteiger partial charge in [-0.15, -0.1) is 0 Å². The summed E-state index contributed by atoms with van der Waals surface area (Å²) in [6.45, 7) is 2.33. The van der Waals surface area contributed by atoms with Gasteiger partial charge in [0.05, 0.1) is 7.11 Å². The highest BCUT2D eigenvalue weighted by atomic mass is 32.1. The van der Waals surface area contributed by atoms with Gasteiger partial charge in [-0.3, -0.25) is 0 Å². The van der Waals surface area contributed by atoms with Gasteiger partial charge in [-0.2, -0.15) is 4.37 Å². The van der Waals surface area contributed by atoms with Crippen LogP contribution in [0.2, 0.25) is 0 Å². The molecule has 0 aromatic carbocycles. The molecule has 1 fully saturated rings. The molecule has 1 aromatic rings. The van der Waals surface area contributed by atoms with E-state index in [9.17, 15) is 0 Å². The summed E-state index contributed by atoms with van der Waals surface area (Å²) < 4.78 is 9.51. The predicted molar refractivity (Wildman–Crippen MR) is 72.9 cm³/mol. The van der Waals surface area contributed by atoms with Crippen molar-refractivity contribution in [3.8, 4) is 5.75 Å². The lowest BCUT2D eigenvalue weighted by Gasteiger charge is -2.34. The second-order valence-electron chi connectivity index (χ2n) is 4.94. The van der Waals surface area contributed by atoms with Gasteiger partial charge in [0, 0.05) is 13.1 Å². The van der Waals surface area contributed by atoms with Crippen LogP contribution >= 0.6 is 11.5 Å². The van der Waals surface area contributed by atoms with E-state index in [4.69, 9.17) is 10.5 Å². The van der Waals surface area contributed by atoms with Gasteiger partial charge in [0.15, 0.2) is 16.6 Å². The maximum Gasteiger partial charge on any atom is 0.197 e. The number of methoxy groups -OCH3 is 1. The highest BCUT2D eigenvalue weighted by molar-refractivity contribution is 7.11. The van der Waals surface area contributed by atoms with Crippen molar-refractivity contribution >= 4 is 22.4 Å². The fraction of sp³-hybridized carbons (Fsp3) is 0.750. The van der Waals surface area contributed by atoms with Gasteiger partial charge < -0.3 is 15.4 Å². The number of nitrogen functional groups attached to an aromatic ring is 1. The molecule has 0 amide bonds. The van der Waals surface area contributed by atoms with Crippen molar-refractivity contribution in [2.75, 3.05) is 24.8 Å². The summed E-state index contributed by atoms with van der Waals surface area (Å²) in [7, 11) is 3.78. The third-order valence-electron chi connectivity index (χ3n) is 3.64. The van der Waals surface area contributed by atoms with E-state index in [-0.39, 0.29) is 0 Å². The number of rotatable bonds is 3. The molecule has 2 N–H and O–H groups in total. The van der Waals surface area contributed by atoms with Gasteiger partial charge in [-0.1, -0.05) is 19.8 Å². The van der Waals surface area contributed by atoms with Crippen LogP contribution < -0.4 is 15.4 Å². The molecule has 5 heteroatoms. The molecule has 96 valence electrons. The minimum absolute atomic E-state index is 0.503. The molecule has 2 unspecified atom stereocenters. The Morgan fingerprint density at radius 3 is 2.88 bits per heavy atom. The van der Waals surface area contributed by atoms with Crippen molar-refractivity contribution in [3.05, 3.63) is 0 Å². The molecule has 1 heterocycles. The Balaban J connectivity index is 2.15. The molecule has 1 aliphatic rings. The standard InChI is InChI=1S/C12H21N3OS/c1-8-5-4-6-9(7-8)15(2)12-10(16-3)11(13)14-17-12/h8-9H,4-7H2,1-3H3,(H2,13,14). The van der Waals surface area contributed by atoms with Crippen LogP contribution in [0.3, 0.4) is 0 Å². The molecule has 0 saturated heterocycles. The molecule has 1 saturated carbocycles. The normalized spacial score (nSPS) is 24.6. The molecule has 2 atom stereocenters. The van der Waals surface area contributed by atoms with Crippen molar-refractivity contribution < 1.29 is 4.74 Å². The highest BCUT2D eigenvalue weighted by Crippen LogP contribution is 2.40. The fourth-order valence-electron chi connectivity index (χ4n) is 2.62. The molecule has 1 aromatic heterocycles. The molecule has 0 radical (unpaired) electrons. The zero-order chi connectivity index (χ0) is 12.4. The van der Waals surface area contributed by atoms with E-state index in [0.29, 0.717) is 11.9 Å². The van der Waals surface area contributed by atoms with Gasteiger partial charge in [0.25, 0.3) is 0 Å². The highest BCUT2D eigenvalue weighted by Gasteiger charge is 2.26. The summed E-state index contributed by atoms with van der Waals surface area (Å²) >= 11 is 1.43. The Kier molecular flexibility index (Phi) is 3.76. The van der Waals surface area contributed by atoms with E-state index in [1.807, 2.05) is 0 Å². The average Bonchev–Trinajstić information content (AvgIpc) is 2.69. The van der Waals surface area contributed by atoms with E-state index in [2.05, 4.69) is 23.2 Å². The van der Waals surface area contributed by atoms with Crippen LogP contribution in [0.25, 0.3) is 0 Å². The van der Waals surface area contributed by atoms with Crippen LogP contribution in [0.5, 0.6) is 5.75 Å². The number of aromatic nitrogens is 1. The first-order chi connectivity index (χ1) is 8.13. The van der Waals surface area contributed by atoms with Gasteiger partial charge in [-0.25, -0.2) is 0 Å². The molecule has 0 bridgehead atoms. The Hall–Kier alpha value is -0.970. The molecular weight excluding hydrogens is 234 g/mol. The van der Waals surface area contributed by atoms with Crippen LogP contribution in [0.1, 0.15) is 32.6 Å². The smallest absolute Gasteiger partial charge is 0.197 e. The van der Waals surface area contributed by atoms with Gasteiger partial charge in [0.1, 0.15) is 0 Å². The summed E-state index contributed by atoms with van der Waals surface area (Å²) in [5, 5.41) is 1.06. The molecule has 17 heavy (non-hydrogen) atoms. The number of hydrogen-bond acceptors (Lipinski definition) is 5. The summed E-state index contributed by atoms with van der Waals surface area (Å²) in [6.07, 6.45) is 5.17. The molecule has 0 spiro atoms. The van der Waals surface area contributed by atoms with Crippen molar-refractivity contribution in [3.63, 3.8) is 0 Å². The summed E-state index contributed by atoms with van der Waals surface area (Å²) in [6, 6.07) is 0.590. The Bertz CT molecular complexity index is 380. The summed E-state index contributed by atoms with van der Waals surface area (Å²) in [5.41, 5.74) is 5.79. The first-order valence-electron chi connectivity index (χ1n) is 6.15. The largest absolute Gasteiger partial charge is 0.490 e. The third-order valence-corrected chi connectivity index (χ3v) is 4.57. The third kappa shape index (κ3) is 2.49. The molecule has 2 rings (SSSR count). The van der Waals surface area contributed by atoms with E-state index in [1.54, 1.807) is 7.11 Å². The molecular formula is C12H21N3OS. The van der Waals surface area contributed by atoms with Crippen LogP contribution in [0, 0.1) is 5.92 Å². The minimum Gasteiger partial charge on any atom is -0.490 e. The monoisotopic (exact) mass is 255 g/mol. The zero-order valence-corrected chi connectivity index (χ0v) is 11.6. The van der Waals surface area contributed by atoms with Crippen molar-refractivity contribution in [2.45, 2.75) is 38.6 Å². The van der Waals surface area contributed by atoms with E-state index < -0.39 is 0 Å². The summed E-state index contributed by atoms with van der Waals surface area (Å²) in [5.74, 6) is 2.05. The molecule has 4 nitrogen and oxygen atoms in total. The number of hydrogen-bond donors (Lipinski definition) is 1. The SMILES string of the molecule is COc1c(N)nsc1N(C)C1CCCC(C)C1. The molecule has 0 aliphatic heterocycles. The first kappa shape index (κ1) is 12.5. The second kappa shape index (κ2) is 5.12. The lowest BCUT2D eigenvalue weighted by Crippen LogP contribution is -2.35. The van der Waals surface area contributed by atoms with Crippen molar-refractivity contribution in [1.82, 2.24) is 4.37 Å².